The molecule has 8 nitrogen and oxygen atoms in total. The molecule has 0 bridgehead atoms. The van der Waals surface area contributed by atoms with Crippen LogP contribution >= 0.6 is 11.3 Å². The van der Waals surface area contributed by atoms with Crippen LogP contribution in [-0.4, -0.2) is 71.9 Å². The van der Waals surface area contributed by atoms with Crippen molar-refractivity contribution >= 4 is 29.0 Å². The van der Waals surface area contributed by atoms with Gasteiger partial charge in [0, 0.05) is 36.4 Å². The molecule has 1 aromatic heterocycles. The fourth-order valence-electron chi connectivity index (χ4n) is 3.46. The molecule has 3 heterocycles. The second-order valence-electron chi connectivity index (χ2n) is 7.01. The maximum absolute atomic E-state index is 13.4. The number of thiazole rings is 1. The van der Waals surface area contributed by atoms with E-state index in [1.54, 1.807) is 16.5 Å². The van der Waals surface area contributed by atoms with Crippen LogP contribution in [0.15, 0.2) is 29.8 Å². The molecule has 1 unspecified atom stereocenters. The van der Waals surface area contributed by atoms with E-state index < -0.39 is 23.5 Å². The Labute approximate surface area is 175 Å². The van der Waals surface area contributed by atoms with Crippen LogP contribution in [0.2, 0.25) is 0 Å². The highest BCUT2D eigenvalue weighted by Gasteiger charge is 2.43. The highest BCUT2D eigenvalue weighted by atomic mass is 32.1. The van der Waals surface area contributed by atoms with Gasteiger partial charge in [0.2, 0.25) is 5.79 Å². The number of aromatic nitrogens is 1. The monoisotopic (exact) mass is 438 g/mol. The lowest BCUT2D eigenvalue weighted by Gasteiger charge is -2.42. The third-order valence-electron chi connectivity index (χ3n) is 4.89. The summed E-state index contributed by atoms with van der Waals surface area (Å²) in [6.07, 6.45) is 2.14. The number of ether oxygens (including phenoxy) is 2. The standard InChI is InChI=1S/C19H20F2N4O4S/c20-14-3-2-13(10-15(14)21)23-18(27)25-5-1-7-28-19(12-25)11-24(6-8-29-19)17(26)16-22-4-9-30-16/h2-4,9-10H,1,5-8,11-12H2,(H,23,27). The summed E-state index contributed by atoms with van der Waals surface area (Å²) in [6, 6.07) is 2.66. The van der Waals surface area contributed by atoms with Crippen LogP contribution in [-0.2, 0) is 9.47 Å². The molecular weight excluding hydrogens is 418 g/mol. The predicted molar refractivity (Wildman–Crippen MR) is 104 cm³/mol. The largest absolute Gasteiger partial charge is 0.347 e. The first-order valence-electron chi connectivity index (χ1n) is 9.43. The molecule has 11 heteroatoms. The minimum Gasteiger partial charge on any atom is -0.347 e. The van der Waals surface area contributed by atoms with Gasteiger partial charge < -0.3 is 24.6 Å². The molecule has 1 spiro atoms. The minimum atomic E-state index is -1.16. The molecule has 0 saturated carbocycles. The number of carbonyl (C=O) groups excluding carboxylic acids is 2. The zero-order chi connectivity index (χ0) is 21.1. The third-order valence-corrected chi connectivity index (χ3v) is 5.65. The predicted octanol–water partition coefficient (Wildman–Crippen LogP) is 2.54. The van der Waals surface area contributed by atoms with Gasteiger partial charge in [-0.15, -0.1) is 11.3 Å². The summed E-state index contributed by atoms with van der Waals surface area (Å²) < 4.78 is 38.4. The van der Waals surface area contributed by atoms with Gasteiger partial charge in [0.25, 0.3) is 5.91 Å². The topological polar surface area (TPSA) is 84.0 Å². The Morgan fingerprint density at radius 3 is 2.67 bits per heavy atom. The van der Waals surface area contributed by atoms with Gasteiger partial charge in [0.05, 0.1) is 26.3 Å². The molecule has 1 aromatic carbocycles. The van der Waals surface area contributed by atoms with E-state index in [1.807, 2.05) is 0 Å². The molecular formula is C19H20F2N4O4S. The maximum Gasteiger partial charge on any atom is 0.322 e. The lowest BCUT2D eigenvalue weighted by atomic mass is 10.2. The summed E-state index contributed by atoms with van der Waals surface area (Å²) in [5, 5.41) is 4.68. The zero-order valence-corrected chi connectivity index (χ0v) is 16.8. The quantitative estimate of drug-likeness (QED) is 0.779. The van der Waals surface area contributed by atoms with E-state index in [1.165, 1.54) is 22.3 Å². The number of anilines is 1. The molecule has 2 fully saturated rings. The van der Waals surface area contributed by atoms with E-state index in [-0.39, 0.29) is 31.3 Å². The first-order chi connectivity index (χ1) is 14.5. The van der Waals surface area contributed by atoms with Crippen molar-refractivity contribution in [1.29, 1.82) is 0 Å². The summed E-state index contributed by atoms with van der Waals surface area (Å²) in [5.41, 5.74) is 0.142. The Morgan fingerprint density at radius 1 is 1.10 bits per heavy atom. The number of morpholine rings is 1. The normalized spacial score (nSPS) is 22.1. The van der Waals surface area contributed by atoms with Gasteiger partial charge in [-0.1, -0.05) is 0 Å². The highest BCUT2D eigenvalue weighted by Crippen LogP contribution is 2.26. The van der Waals surface area contributed by atoms with Crippen molar-refractivity contribution in [2.24, 2.45) is 0 Å². The summed E-state index contributed by atoms with van der Waals surface area (Å²) in [7, 11) is 0. The first-order valence-corrected chi connectivity index (χ1v) is 10.3. The fourth-order valence-corrected chi connectivity index (χ4v) is 4.06. The van der Waals surface area contributed by atoms with Crippen molar-refractivity contribution in [2.45, 2.75) is 12.2 Å². The number of rotatable bonds is 2. The van der Waals surface area contributed by atoms with Gasteiger partial charge in [-0.3, -0.25) is 4.79 Å². The molecule has 4 rings (SSSR count). The van der Waals surface area contributed by atoms with E-state index in [0.717, 1.165) is 12.1 Å². The first kappa shape index (κ1) is 20.6. The number of halogens is 2. The number of carbonyl (C=O) groups is 2. The molecule has 0 aliphatic carbocycles. The summed E-state index contributed by atoms with van der Waals surface area (Å²) in [4.78, 5) is 32.6. The van der Waals surface area contributed by atoms with Gasteiger partial charge in [-0.2, -0.15) is 0 Å². The molecule has 2 aliphatic rings. The zero-order valence-electron chi connectivity index (χ0n) is 16.0. The second-order valence-corrected chi connectivity index (χ2v) is 7.90. The summed E-state index contributed by atoms with van der Waals surface area (Å²) in [6.45, 7) is 1.64. The Bertz CT molecular complexity index is 929. The number of nitrogens with zero attached hydrogens (tertiary/aromatic N) is 3. The summed E-state index contributed by atoms with van der Waals surface area (Å²) >= 11 is 1.26. The van der Waals surface area contributed by atoms with Crippen LogP contribution in [0.1, 0.15) is 16.2 Å². The van der Waals surface area contributed by atoms with Crippen molar-refractivity contribution in [3.05, 3.63) is 46.4 Å². The Balaban J connectivity index is 1.46. The van der Waals surface area contributed by atoms with E-state index in [2.05, 4.69) is 10.3 Å². The molecule has 160 valence electrons. The summed E-state index contributed by atoms with van der Waals surface area (Å²) in [5.74, 6) is -3.41. The molecule has 0 radical (unpaired) electrons. The molecule has 2 aromatic rings. The molecule has 1 atom stereocenters. The van der Waals surface area contributed by atoms with E-state index in [0.29, 0.717) is 31.1 Å². The van der Waals surface area contributed by atoms with Crippen molar-refractivity contribution in [3.8, 4) is 0 Å². The highest BCUT2D eigenvalue weighted by molar-refractivity contribution is 7.11. The molecule has 3 amide bonds. The van der Waals surface area contributed by atoms with Crippen LogP contribution in [0.25, 0.3) is 0 Å². The average molecular weight is 438 g/mol. The lowest BCUT2D eigenvalue weighted by molar-refractivity contribution is -0.258. The van der Waals surface area contributed by atoms with Crippen LogP contribution in [0, 0.1) is 11.6 Å². The van der Waals surface area contributed by atoms with Crippen LogP contribution in [0.4, 0.5) is 19.3 Å². The van der Waals surface area contributed by atoms with E-state index in [9.17, 15) is 18.4 Å². The van der Waals surface area contributed by atoms with Crippen molar-refractivity contribution in [3.63, 3.8) is 0 Å². The van der Waals surface area contributed by atoms with Gasteiger partial charge in [-0.05, 0) is 18.6 Å². The number of benzene rings is 1. The molecule has 2 saturated heterocycles. The Morgan fingerprint density at radius 2 is 1.90 bits per heavy atom. The average Bonchev–Trinajstić information content (AvgIpc) is 3.20. The van der Waals surface area contributed by atoms with E-state index in [4.69, 9.17) is 9.47 Å². The van der Waals surface area contributed by atoms with Gasteiger partial charge >= 0.3 is 6.03 Å². The van der Waals surface area contributed by atoms with Crippen LogP contribution in [0.3, 0.4) is 0 Å². The maximum atomic E-state index is 13.4. The van der Waals surface area contributed by atoms with Crippen molar-refractivity contribution in [2.75, 3.05) is 44.7 Å². The number of hydrogen-bond donors (Lipinski definition) is 1. The Kier molecular flexibility index (Phi) is 5.93. The van der Waals surface area contributed by atoms with Crippen LogP contribution < -0.4 is 5.32 Å². The smallest absolute Gasteiger partial charge is 0.322 e. The fraction of sp³-hybridized carbons (Fsp3) is 0.421. The van der Waals surface area contributed by atoms with Crippen molar-refractivity contribution < 1.29 is 27.8 Å². The van der Waals surface area contributed by atoms with Gasteiger partial charge in [-0.25, -0.2) is 18.6 Å². The third kappa shape index (κ3) is 4.42. The Hall–Kier alpha value is -2.63. The molecule has 30 heavy (non-hydrogen) atoms. The number of hydrogen-bond acceptors (Lipinski definition) is 6. The van der Waals surface area contributed by atoms with Gasteiger partial charge in [0.15, 0.2) is 16.6 Å². The van der Waals surface area contributed by atoms with Crippen LogP contribution in [0.5, 0.6) is 0 Å². The lowest BCUT2D eigenvalue weighted by Crippen LogP contribution is -2.60. The number of nitrogens with one attached hydrogen (secondary N) is 1. The van der Waals surface area contributed by atoms with E-state index >= 15 is 0 Å². The number of amides is 3. The molecule has 1 N–H and O–H groups in total. The number of urea groups is 1. The SMILES string of the molecule is O=C(Nc1ccc(F)c(F)c1)N1CCCOC2(C1)CN(C(=O)c1nccs1)CCO2. The molecule has 2 aliphatic heterocycles. The minimum absolute atomic E-state index is 0.0875. The second kappa shape index (κ2) is 8.62. The van der Waals surface area contributed by atoms with Gasteiger partial charge in [0.1, 0.15) is 0 Å². The van der Waals surface area contributed by atoms with Crippen molar-refractivity contribution in [1.82, 2.24) is 14.8 Å².